The van der Waals surface area contributed by atoms with Gasteiger partial charge in [-0.1, -0.05) is 11.6 Å². The second-order valence-electron chi connectivity index (χ2n) is 4.33. The van der Waals surface area contributed by atoms with Gasteiger partial charge in [0.05, 0.1) is 17.2 Å². The van der Waals surface area contributed by atoms with Crippen LogP contribution < -0.4 is 5.32 Å². The highest BCUT2D eigenvalue weighted by atomic mass is 35.5. The van der Waals surface area contributed by atoms with Crippen molar-refractivity contribution >= 4 is 27.4 Å². The predicted octanol–water partition coefficient (Wildman–Crippen LogP) is 1.00. The van der Waals surface area contributed by atoms with E-state index in [-0.39, 0.29) is 5.75 Å². The van der Waals surface area contributed by atoms with Gasteiger partial charge in [-0.2, -0.15) is 0 Å². The number of sulfone groups is 1. The molecule has 1 aromatic rings. The molecule has 0 atom stereocenters. The lowest BCUT2D eigenvalue weighted by molar-refractivity contribution is 0.535. The van der Waals surface area contributed by atoms with Crippen molar-refractivity contribution in [3.8, 4) is 0 Å². The smallest absolute Gasteiger partial charge is 0.193 e. The van der Waals surface area contributed by atoms with Gasteiger partial charge >= 0.3 is 0 Å². The molecule has 0 spiro atoms. The first-order chi connectivity index (χ1) is 8.99. The SMILES string of the molecule is CN1CCN=C1NCCS(=O)(=O)c1ccc(Cl)cc1. The number of nitrogens with zero attached hydrogens (tertiary/aromatic N) is 2. The molecule has 0 saturated heterocycles. The van der Waals surface area contributed by atoms with E-state index in [2.05, 4.69) is 10.3 Å². The standard InChI is InChI=1S/C12H16ClN3O2S/c1-16-8-6-14-12(16)15-7-9-19(17,18)11-4-2-10(13)3-5-11/h2-5H,6-9H2,1H3,(H,14,15). The first-order valence-corrected chi connectivity index (χ1v) is 8.00. The second kappa shape index (κ2) is 5.79. The highest BCUT2D eigenvalue weighted by molar-refractivity contribution is 7.91. The molecule has 0 saturated carbocycles. The third kappa shape index (κ3) is 3.61. The zero-order valence-electron chi connectivity index (χ0n) is 10.6. The Kier molecular flexibility index (Phi) is 4.31. The third-order valence-electron chi connectivity index (χ3n) is 2.89. The molecular weight excluding hydrogens is 286 g/mol. The van der Waals surface area contributed by atoms with E-state index in [9.17, 15) is 8.42 Å². The van der Waals surface area contributed by atoms with E-state index in [0.29, 0.717) is 16.5 Å². The number of likely N-dealkylation sites (N-methyl/N-ethyl adjacent to an activating group) is 1. The summed E-state index contributed by atoms with van der Waals surface area (Å²) in [5.74, 6) is 0.785. The molecular formula is C12H16ClN3O2S. The highest BCUT2D eigenvalue weighted by Gasteiger charge is 2.16. The van der Waals surface area contributed by atoms with Gasteiger partial charge in [0.1, 0.15) is 0 Å². The van der Waals surface area contributed by atoms with Crippen molar-refractivity contribution in [2.24, 2.45) is 4.99 Å². The minimum Gasteiger partial charge on any atom is -0.355 e. The van der Waals surface area contributed by atoms with Gasteiger partial charge in [-0.25, -0.2) is 8.42 Å². The fraction of sp³-hybridized carbons (Fsp3) is 0.417. The summed E-state index contributed by atoms with van der Waals surface area (Å²) >= 11 is 5.74. The van der Waals surface area contributed by atoms with Gasteiger partial charge in [0.25, 0.3) is 0 Å². The number of benzene rings is 1. The van der Waals surface area contributed by atoms with Crippen molar-refractivity contribution < 1.29 is 8.42 Å². The van der Waals surface area contributed by atoms with Crippen molar-refractivity contribution in [2.75, 3.05) is 32.4 Å². The molecule has 0 aromatic heterocycles. The van der Waals surface area contributed by atoms with Crippen LogP contribution in [0.4, 0.5) is 0 Å². The average molecular weight is 302 g/mol. The maximum absolute atomic E-state index is 12.1. The number of guanidine groups is 1. The number of hydrogen-bond acceptors (Lipinski definition) is 5. The van der Waals surface area contributed by atoms with E-state index in [4.69, 9.17) is 11.6 Å². The predicted molar refractivity (Wildman–Crippen MR) is 76.4 cm³/mol. The van der Waals surface area contributed by atoms with Crippen molar-refractivity contribution in [3.63, 3.8) is 0 Å². The zero-order chi connectivity index (χ0) is 13.9. The largest absolute Gasteiger partial charge is 0.355 e. The number of halogens is 1. The summed E-state index contributed by atoms with van der Waals surface area (Å²) in [6.45, 7) is 1.96. The molecule has 1 N–H and O–H groups in total. The first-order valence-electron chi connectivity index (χ1n) is 5.97. The fourth-order valence-electron chi connectivity index (χ4n) is 1.78. The second-order valence-corrected chi connectivity index (χ2v) is 6.87. The number of aliphatic imine (C=N–C) groups is 1. The number of rotatable bonds is 4. The molecule has 2 rings (SSSR count). The van der Waals surface area contributed by atoms with Crippen molar-refractivity contribution in [2.45, 2.75) is 4.90 Å². The third-order valence-corrected chi connectivity index (χ3v) is 4.87. The van der Waals surface area contributed by atoms with Crippen LogP contribution in [-0.4, -0.2) is 51.7 Å². The minimum absolute atomic E-state index is 0.0293. The summed E-state index contributed by atoms with van der Waals surface area (Å²) in [6, 6.07) is 6.21. The lowest BCUT2D eigenvalue weighted by Crippen LogP contribution is -2.38. The van der Waals surface area contributed by atoms with Gasteiger partial charge < -0.3 is 10.2 Å². The molecule has 104 valence electrons. The molecule has 1 aliphatic rings. The Morgan fingerprint density at radius 1 is 1.37 bits per heavy atom. The van der Waals surface area contributed by atoms with E-state index >= 15 is 0 Å². The maximum Gasteiger partial charge on any atom is 0.193 e. The van der Waals surface area contributed by atoms with Crippen molar-refractivity contribution in [1.82, 2.24) is 10.2 Å². The highest BCUT2D eigenvalue weighted by Crippen LogP contribution is 2.15. The van der Waals surface area contributed by atoms with Crippen LogP contribution in [0.2, 0.25) is 5.02 Å². The molecule has 0 radical (unpaired) electrons. The average Bonchev–Trinajstić information content (AvgIpc) is 2.75. The summed E-state index contributed by atoms with van der Waals surface area (Å²) in [4.78, 5) is 6.50. The molecule has 0 amide bonds. The lowest BCUT2D eigenvalue weighted by atomic mass is 10.4. The van der Waals surface area contributed by atoms with Gasteiger partial charge in [-0.3, -0.25) is 4.99 Å². The van der Waals surface area contributed by atoms with Crippen LogP contribution >= 0.6 is 11.6 Å². The normalized spacial score (nSPS) is 15.5. The van der Waals surface area contributed by atoms with Crippen LogP contribution in [0, 0.1) is 0 Å². The molecule has 0 unspecified atom stereocenters. The Balaban J connectivity index is 1.93. The minimum atomic E-state index is -3.28. The zero-order valence-corrected chi connectivity index (χ0v) is 12.2. The molecule has 7 heteroatoms. The Morgan fingerprint density at radius 3 is 2.63 bits per heavy atom. The van der Waals surface area contributed by atoms with Crippen LogP contribution in [0.25, 0.3) is 0 Å². The Morgan fingerprint density at radius 2 is 2.05 bits per heavy atom. The summed E-state index contributed by atoms with van der Waals surface area (Å²) in [5.41, 5.74) is 0. The summed E-state index contributed by atoms with van der Waals surface area (Å²) < 4.78 is 24.1. The van der Waals surface area contributed by atoms with Crippen molar-refractivity contribution in [1.29, 1.82) is 0 Å². The molecule has 1 heterocycles. The molecule has 5 nitrogen and oxygen atoms in total. The molecule has 19 heavy (non-hydrogen) atoms. The van der Waals surface area contributed by atoms with Gasteiger partial charge in [0.15, 0.2) is 15.8 Å². The van der Waals surface area contributed by atoms with E-state index in [1.165, 1.54) is 12.1 Å². The fourth-order valence-corrected chi connectivity index (χ4v) is 3.06. The Labute approximate surface area is 118 Å². The van der Waals surface area contributed by atoms with E-state index < -0.39 is 9.84 Å². The van der Waals surface area contributed by atoms with Crippen LogP contribution in [0.3, 0.4) is 0 Å². The van der Waals surface area contributed by atoms with Crippen LogP contribution in [0.5, 0.6) is 0 Å². The van der Waals surface area contributed by atoms with Gasteiger partial charge in [0.2, 0.25) is 0 Å². The quantitative estimate of drug-likeness (QED) is 0.901. The topological polar surface area (TPSA) is 61.8 Å². The molecule has 0 fully saturated rings. The molecule has 1 aliphatic heterocycles. The molecule has 0 bridgehead atoms. The summed E-state index contributed by atoms with van der Waals surface area (Å²) in [7, 11) is -1.36. The van der Waals surface area contributed by atoms with Crippen LogP contribution in [0.15, 0.2) is 34.2 Å². The molecule has 1 aromatic carbocycles. The van der Waals surface area contributed by atoms with Gasteiger partial charge in [0, 0.05) is 25.2 Å². The van der Waals surface area contributed by atoms with Gasteiger partial charge in [-0.05, 0) is 24.3 Å². The summed E-state index contributed by atoms with van der Waals surface area (Å²) in [6.07, 6.45) is 0. The van der Waals surface area contributed by atoms with E-state index in [1.54, 1.807) is 12.1 Å². The lowest BCUT2D eigenvalue weighted by Gasteiger charge is -2.15. The van der Waals surface area contributed by atoms with Gasteiger partial charge in [-0.15, -0.1) is 0 Å². The summed E-state index contributed by atoms with van der Waals surface area (Å²) in [5, 5.41) is 3.57. The van der Waals surface area contributed by atoms with E-state index in [1.807, 2.05) is 11.9 Å². The van der Waals surface area contributed by atoms with Crippen LogP contribution in [-0.2, 0) is 9.84 Å². The first kappa shape index (κ1) is 14.1. The Bertz CT molecular complexity index is 569. The molecule has 0 aliphatic carbocycles. The maximum atomic E-state index is 12.1. The van der Waals surface area contributed by atoms with E-state index in [0.717, 1.165) is 19.0 Å². The Hall–Kier alpha value is -1.27. The van der Waals surface area contributed by atoms with Crippen LogP contribution in [0.1, 0.15) is 0 Å². The number of nitrogens with one attached hydrogen (secondary N) is 1. The number of hydrogen-bond donors (Lipinski definition) is 1. The van der Waals surface area contributed by atoms with Crippen molar-refractivity contribution in [3.05, 3.63) is 29.3 Å². The monoisotopic (exact) mass is 301 g/mol.